The zero-order valence-electron chi connectivity index (χ0n) is 13.6. The number of benzene rings is 2. The van der Waals surface area contributed by atoms with Crippen molar-refractivity contribution < 1.29 is 19.2 Å². The van der Waals surface area contributed by atoms with Crippen LogP contribution in [-0.4, -0.2) is 29.7 Å². The van der Waals surface area contributed by atoms with Crippen LogP contribution in [0.15, 0.2) is 47.4 Å². The molecule has 1 amide bonds. The lowest BCUT2D eigenvalue weighted by atomic mass is 10.2. The number of nitrogens with zero attached hydrogens (tertiary/aromatic N) is 2. The molecule has 2 aromatic carbocycles. The number of nitrogens with one attached hydrogen (secondary N) is 1. The lowest BCUT2D eigenvalue weighted by Gasteiger charge is -2.07. The molecular formula is C17H13N3O5S. The van der Waals surface area contributed by atoms with Crippen molar-refractivity contribution in [2.45, 2.75) is 4.90 Å². The summed E-state index contributed by atoms with van der Waals surface area (Å²) >= 11 is 1.19. The fourth-order valence-electron chi connectivity index (χ4n) is 2.04. The number of ether oxygens (including phenoxy) is 1. The summed E-state index contributed by atoms with van der Waals surface area (Å²) in [6, 6.07) is 12.2. The van der Waals surface area contributed by atoms with Gasteiger partial charge in [0.1, 0.15) is 0 Å². The Kier molecular flexibility index (Phi) is 6.30. The van der Waals surface area contributed by atoms with Gasteiger partial charge in [0, 0.05) is 11.8 Å². The molecule has 0 fully saturated rings. The zero-order chi connectivity index (χ0) is 19.1. The van der Waals surface area contributed by atoms with Gasteiger partial charge in [-0.05, 0) is 36.6 Å². The number of esters is 1. The Balaban J connectivity index is 1.99. The van der Waals surface area contributed by atoms with Crippen molar-refractivity contribution in [1.82, 2.24) is 0 Å². The minimum atomic E-state index is -0.846. The molecule has 9 heteroatoms. The van der Waals surface area contributed by atoms with Gasteiger partial charge in [-0.3, -0.25) is 14.9 Å². The maximum atomic E-state index is 12.0. The summed E-state index contributed by atoms with van der Waals surface area (Å²) in [4.78, 5) is 34.7. The van der Waals surface area contributed by atoms with Gasteiger partial charge in [0.15, 0.2) is 6.61 Å². The molecule has 26 heavy (non-hydrogen) atoms. The second-order valence-corrected chi connectivity index (χ2v) is 5.81. The number of rotatable bonds is 6. The predicted molar refractivity (Wildman–Crippen MR) is 94.9 cm³/mol. The number of nitro groups is 1. The van der Waals surface area contributed by atoms with E-state index in [2.05, 4.69) is 5.32 Å². The number of hydrogen-bond acceptors (Lipinski definition) is 7. The van der Waals surface area contributed by atoms with E-state index in [1.807, 2.05) is 6.07 Å². The summed E-state index contributed by atoms with van der Waals surface area (Å²) in [6.07, 6.45) is 1.69. The smallest absolute Gasteiger partial charge is 0.338 e. The van der Waals surface area contributed by atoms with Crippen LogP contribution in [0.1, 0.15) is 15.9 Å². The van der Waals surface area contributed by atoms with E-state index in [0.717, 1.165) is 6.07 Å². The zero-order valence-corrected chi connectivity index (χ0v) is 14.4. The topological polar surface area (TPSA) is 122 Å². The van der Waals surface area contributed by atoms with Crippen LogP contribution in [-0.2, 0) is 9.53 Å². The largest absolute Gasteiger partial charge is 0.452 e. The first kappa shape index (κ1) is 19.0. The van der Waals surface area contributed by atoms with E-state index in [9.17, 15) is 19.7 Å². The van der Waals surface area contributed by atoms with E-state index >= 15 is 0 Å². The molecular weight excluding hydrogens is 358 g/mol. The van der Waals surface area contributed by atoms with Crippen molar-refractivity contribution in [3.63, 3.8) is 0 Å². The maximum absolute atomic E-state index is 12.0. The van der Waals surface area contributed by atoms with E-state index in [4.69, 9.17) is 10.00 Å². The minimum Gasteiger partial charge on any atom is -0.452 e. The second kappa shape index (κ2) is 8.64. The number of anilines is 1. The number of carbonyl (C=O) groups excluding carboxylic acids is 2. The molecule has 0 aliphatic rings. The van der Waals surface area contributed by atoms with Crippen LogP contribution in [0.5, 0.6) is 0 Å². The molecule has 0 aliphatic heterocycles. The molecule has 2 aromatic rings. The van der Waals surface area contributed by atoms with Crippen molar-refractivity contribution in [3.8, 4) is 6.07 Å². The summed E-state index contributed by atoms with van der Waals surface area (Å²) < 4.78 is 4.88. The molecule has 2 rings (SSSR count). The summed E-state index contributed by atoms with van der Waals surface area (Å²) in [6.45, 7) is -0.562. The van der Waals surface area contributed by atoms with E-state index in [1.165, 1.54) is 30.0 Å². The van der Waals surface area contributed by atoms with Gasteiger partial charge in [-0.25, -0.2) is 4.79 Å². The number of nitro benzene ring substituents is 1. The standard InChI is InChI=1S/C17H13N3O5S/c1-26-15-6-5-12(8-14(15)20(23)24)17(22)25-10-16(21)19-13-4-2-3-11(7-13)9-18/h2-8H,10H2,1H3,(H,19,21). The van der Waals surface area contributed by atoms with Gasteiger partial charge < -0.3 is 10.1 Å². The first-order valence-corrected chi connectivity index (χ1v) is 8.46. The van der Waals surface area contributed by atoms with E-state index < -0.39 is 23.4 Å². The highest BCUT2D eigenvalue weighted by molar-refractivity contribution is 7.98. The van der Waals surface area contributed by atoms with Crippen LogP contribution in [0.25, 0.3) is 0 Å². The summed E-state index contributed by atoms with van der Waals surface area (Å²) in [7, 11) is 0. The number of carbonyl (C=O) groups is 2. The van der Waals surface area contributed by atoms with Crippen molar-refractivity contribution in [2.75, 3.05) is 18.2 Å². The van der Waals surface area contributed by atoms with E-state index in [1.54, 1.807) is 24.5 Å². The fourth-order valence-corrected chi connectivity index (χ4v) is 2.58. The second-order valence-electron chi connectivity index (χ2n) is 4.96. The summed E-state index contributed by atoms with van der Waals surface area (Å²) in [5.41, 5.74) is 0.546. The molecule has 0 aromatic heterocycles. The van der Waals surface area contributed by atoms with Crippen molar-refractivity contribution in [1.29, 1.82) is 5.26 Å². The van der Waals surface area contributed by atoms with Gasteiger partial charge in [0.2, 0.25) is 0 Å². The minimum absolute atomic E-state index is 0.0197. The first-order valence-electron chi connectivity index (χ1n) is 7.24. The van der Waals surface area contributed by atoms with Gasteiger partial charge in [0.25, 0.3) is 11.6 Å². The number of nitriles is 1. The van der Waals surface area contributed by atoms with Crippen LogP contribution in [0.3, 0.4) is 0 Å². The van der Waals surface area contributed by atoms with Crippen molar-refractivity contribution in [2.24, 2.45) is 0 Å². The Hall–Kier alpha value is -3.38. The molecule has 8 nitrogen and oxygen atoms in total. The summed E-state index contributed by atoms with van der Waals surface area (Å²) in [5, 5.41) is 22.3. The average Bonchev–Trinajstić information content (AvgIpc) is 2.65. The predicted octanol–water partition coefficient (Wildman–Crippen LogP) is 2.98. The lowest BCUT2D eigenvalue weighted by Crippen LogP contribution is -2.21. The molecule has 0 unspecified atom stereocenters. The normalized spacial score (nSPS) is 9.85. The molecule has 132 valence electrons. The molecule has 0 atom stereocenters. The quantitative estimate of drug-likeness (QED) is 0.358. The van der Waals surface area contributed by atoms with E-state index in [0.29, 0.717) is 16.1 Å². The monoisotopic (exact) mass is 371 g/mol. The Morgan fingerprint density at radius 2 is 2.08 bits per heavy atom. The number of amides is 1. The molecule has 0 radical (unpaired) electrons. The SMILES string of the molecule is CSc1ccc(C(=O)OCC(=O)Nc2cccc(C#N)c2)cc1[N+](=O)[O-]. The van der Waals surface area contributed by atoms with Gasteiger partial charge in [-0.15, -0.1) is 11.8 Å². The van der Waals surface area contributed by atoms with Crippen LogP contribution in [0, 0.1) is 21.4 Å². The molecule has 0 aliphatic carbocycles. The Morgan fingerprint density at radius 1 is 1.31 bits per heavy atom. The van der Waals surface area contributed by atoms with Gasteiger partial charge in [-0.2, -0.15) is 5.26 Å². The third-order valence-electron chi connectivity index (χ3n) is 3.22. The highest BCUT2D eigenvalue weighted by Crippen LogP contribution is 2.28. The Morgan fingerprint density at radius 3 is 2.73 bits per heavy atom. The number of hydrogen-bond donors (Lipinski definition) is 1. The van der Waals surface area contributed by atoms with Crippen LogP contribution < -0.4 is 5.32 Å². The van der Waals surface area contributed by atoms with Gasteiger partial charge in [-0.1, -0.05) is 6.07 Å². The molecule has 0 saturated carbocycles. The van der Waals surface area contributed by atoms with Crippen molar-refractivity contribution in [3.05, 3.63) is 63.7 Å². The summed E-state index contributed by atoms with van der Waals surface area (Å²) in [5.74, 6) is -1.44. The molecule has 0 saturated heterocycles. The maximum Gasteiger partial charge on any atom is 0.338 e. The third-order valence-corrected chi connectivity index (χ3v) is 4.01. The third kappa shape index (κ3) is 4.81. The average molecular weight is 371 g/mol. The molecule has 0 bridgehead atoms. The lowest BCUT2D eigenvalue weighted by molar-refractivity contribution is -0.387. The van der Waals surface area contributed by atoms with Gasteiger partial charge in [0.05, 0.1) is 27.0 Å². The fraction of sp³-hybridized carbons (Fsp3) is 0.118. The van der Waals surface area contributed by atoms with Crippen LogP contribution >= 0.6 is 11.8 Å². The molecule has 0 spiro atoms. The van der Waals surface area contributed by atoms with Crippen LogP contribution in [0.2, 0.25) is 0 Å². The Bertz CT molecular complexity index is 908. The number of thioether (sulfide) groups is 1. The highest BCUT2D eigenvalue weighted by atomic mass is 32.2. The van der Waals surface area contributed by atoms with Crippen molar-refractivity contribution >= 4 is 35.0 Å². The highest BCUT2D eigenvalue weighted by Gasteiger charge is 2.18. The first-order chi connectivity index (χ1) is 12.4. The Labute approximate surface area is 152 Å². The van der Waals surface area contributed by atoms with E-state index in [-0.39, 0.29) is 11.3 Å². The molecule has 0 heterocycles. The van der Waals surface area contributed by atoms with Crippen LogP contribution in [0.4, 0.5) is 11.4 Å². The van der Waals surface area contributed by atoms with Gasteiger partial charge >= 0.3 is 5.97 Å². The molecule has 1 N–H and O–H groups in total.